The summed E-state index contributed by atoms with van der Waals surface area (Å²) >= 11 is 0. The Bertz CT molecular complexity index is 1610. The van der Waals surface area contributed by atoms with E-state index in [4.69, 9.17) is 0 Å². The van der Waals surface area contributed by atoms with Crippen molar-refractivity contribution in [3.8, 4) is 0 Å². The lowest BCUT2D eigenvalue weighted by Gasteiger charge is -2.05. The van der Waals surface area contributed by atoms with E-state index in [2.05, 4.69) is 25.6 Å². The van der Waals surface area contributed by atoms with Gasteiger partial charge in [-0.05, 0) is 24.3 Å². The second-order valence-corrected chi connectivity index (χ2v) is 7.77. The van der Waals surface area contributed by atoms with Gasteiger partial charge in [-0.1, -0.05) is 30.3 Å². The molecule has 1 aromatic carbocycles. The number of amides is 1. The number of nitrogens with one attached hydrogen (secondary N) is 1. The zero-order valence-corrected chi connectivity index (χ0v) is 17.7. The fourth-order valence-corrected chi connectivity index (χ4v) is 4.14. The van der Waals surface area contributed by atoms with E-state index in [9.17, 15) is 4.79 Å². The number of carbonyl (C=O) groups is 1. The van der Waals surface area contributed by atoms with Gasteiger partial charge in [0, 0.05) is 48.7 Å². The predicted molar refractivity (Wildman–Crippen MR) is 123 cm³/mol. The van der Waals surface area contributed by atoms with Crippen molar-refractivity contribution in [1.29, 1.82) is 0 Å². The minimum atomic E-state index is -0.210. The SMILES string of the molecule is O=C(NCCc1nnc2ccccn12)c1nn(Cc2cccn3ccnc23)c2ccccc12. The van der Waals surface area contributed by atoms with Gasteiger partial charge in [0.2, 0.25) is 0 Å². The van der Waals surface area contributed by atoms with Crippen LogP contribution in [0.25, 0.3) is 22.2 Å². The maximum atomic E-state index is 13.0. The van der Waals surface area contributed by atoms with E-state index < -0.39 is 0 Å². The van der Waals surface area contributed by atoms with Crippen molar-refractivity contribution in [2.45, 2.75) is 13.0 Å². The van der Waals surface area contributed by atoms with Crippen molar-refractivity contribution in [3.63, 3.8) is 0 Å². The molecule has 0 saturated carbocycles. The van der Waals surface area contributed by atoms with Crippen LogP contribution in [0.4, 0.5) is 0 Å². The number of benzene rings is 1. The summed E-state index contributed by atoms with van der Waals surface area (Å²) in [7, 11) is 0. The summed E-state index contributed by atoms with van der Waals surface area (Å²) < 4.78 is 5.76. The van der Waals surface area contributed by atoms with E-state index in [-0.39, 0.29) is 5.91 Å². The third kappa shape index (κ3) is 3.39. The number of hydrogen-bond acceptors (Lipinski definition) is 5. The molecule has 0 saturated heterocycles. The Hall–Kier alpha value is -4.53. The highest BCUT2D eigenvalue weighted by molar-refractivity contribution is 6.04. The molecule has 0 atom stereocenters. The van der Waals surface area contributed by atoms with E-state index >= 15 is 0 Å². The highest BCUT2D eigenvalue weighted by Crippen LogP contribution is 2.21. The van der Waals surface area contributed by atoms with E-state index in [0.29, 0.717) is 25.2 Å². The first kappa shape index (κ1) is 19.2. The summed E-state index contributed by atoms with van der Waals surface area (Å²) in [6.07, 6.45) is 8.14. The van der Waals surface area contributed by atoms with Crippen molar-refractivity contribution in [3.05, 3.63) is 96.5 Å². The first-order chi connectivity index (χ1) is 16.3. The lowest BCUT2D eigenvalue weighted by molar-refractivity contribution is 0.0949. The van der Waals surface area contributed by atoms with Crippen LogP contribution in [0.3, 0.4) is 0 Å². The van der Waals surface area contributed by atoms with Gasteiger partial charge in [-0.25, -0.2) is 4.98 Å². The molecule has 0 unspecified atom stereocenters. The van der Waals surface area contributed by atoms with Crippen LogP contribution in [0.15, 0.2) is 79.4 Å². The lowest BCUT2D eigenvalue weighted by atomic mass is 10.2. The van der Waals surface area contributed by atoms with Crippen LogP contribution in [0.1, 0.15) is 21.9 Å². The monoisotopic (exact) mass is 436 g/mol. The third-order valence-electron chi connectivity index (χ3n) is 5.71. The Morgan fingerprint density at radius 2 is 1.85 bits per heavy atom. The second-order valence-electron chi connectivity index (χ2n) is 7.77. The second kappa shape index (κ2) is 7.86. The van der Waals surface area contributed by atoms with Crippen LogP contribution in [-0.2, 0) is 13.0 Å². The van der Waals surface area contributed by atoms with E-state index in [1.54, 1.807) is 6.20 Å². The molecule has 33 heavy (non-hydrogen) atoms. The average molecular weight is 436 g/mol. The molecule has 9 heteroatoms. The molecule has 0 radical (unpaired) electrons. The summed E-state index contributed by atoms with van der Waals surface area (Å²) in [6, 6.07) is 17.5. The summed E-state index contributed by atoms with van der Waals surface area (Å²) in [5, 5.41) is 16.9. The first-order valence-corrected chi connectivity index (χ1v) is 10.7. The van der Waals surface area contributed by atoms with E-state index in [0.717, 1.165) is 33.6 Å². The highest BCUT2D eigenvalue weighted by atomic mass is 16.1. The summed E-state index contributed by atoms with van der Waals surface area (Å²) in [6.45, 7) is 0.948. The topological polar surface area (TPSA) is 94.4 Å². The Morgan fingerprint density at radius 3 is 2.82 bits per heavy atom. The molecular formula is C24H20N8O. The van der Waals surface area contributed by atoms with Crippen molar-refractivity contribution in [2.75, 3.05) is 6.54 Å². The maximum Gasteiger partial charge on any atom is 0.272 e. The van der Waals surface area contributed by atoms with Gasteiger partial charge in [0.15, 0.2) is 11.3 Å². The Balaban J connectivity index is 1.25. The van der Waals surface area contributed by atoms with Gasteiger partial charge in [-0.3, -0.25) is 13.9 Å². The number of nitrogens with zero attached hydrogens (tertiary/aromatic N) is 7. The molecule has 1 amide bonds. The first-order valence-electron chi connectivity index (χ1n) is 10.7. The number of imidazole rings is 1. The summed E-state index contributed by atoms with van der Waals surface area (Å²) in [5.74, 6) is 0.590. The number of aromatic nitrogens is 7. The molecular weight excluding hydrogens is 416 g/mol. The average Bonchev–Trinajstić information content (AvgIpc) is 3.57. The Labute approximate surface area is 188 Å². The molecule has 6 rings (SSSR count). The summed E-state index contributed by atoms with van der Waals surface area (Å²) in [4.78, 5) is 17.5. The molecule has 0 spiro atoms. The van der Waals surface area contributed by atoms with Crippen molar-refractivity contribution >= 4 is 28.1 Å². The summed E-state index contributed by atoms with van der Waals surface area (Å²) in [5.41, 5.74) is 4.01. The van der Waals surface area contributed by atoms with Crippen LogP contribution < -0.4 is 5.32 Å². The van der Waals surface area contributed by atoms with Crippen molar-refractivity contribution in [1.82, 2.24) is 39.1 Å². The molecule has 5 aromatic heterocycles. The minimum absolute atomic E-state index is 0.210. The van der Waals surface area contributed by atoms with Crippen LogP contribution in [0.5, 0.6) is 0 Å². The van der Waals surface area contributed by atoms with Gasteiger partial charge in [0.05, 0.1) is 12.1 Å². The number of para-hydroxylation sites is 1. The minimum Gasteiger partial charge on any atom is -0.350 e. The van der Waals surface area contributed by atoms with Crippen molar-refractivity contribution in [2.24, 2.45) is 0 Å². The predicted octanol–water partition coefficient (Wildman–Crippen LogP) is 2.75. The van der Waals surface area contributed by atoms with Gasteiger partial charge < -0.3 is 9.72 Å². The lowest BCUT2D eigenvalue weighted by Crippen LogP contribution is -2.27. The fourth-order valence-electron chi connectivity index (χ4n) is 4.14. The fraction of sp³-hybridized carbons (Fsp3) is 0.125. The normalized spacial score (nSPS) is 11.5. The van der Waals surface area contributed by atoms with Crippen LogP contribution >= 0.6 is 0 Å². The Kier molecular flexibility index (Phi) is 4.57. The molecule has 0 aliphatic heterocycles. The largest absolute Gasteiger partial charge is 0.350 e. The molecule has 0 fully saturated rings. The van der Waals surface area contributed by atoms with Crippen molar-refractivity contribution < 1.29 is 4.79 Å². The zero-order chi connectivity index (χ0) is 22.2. The molecule has 0 bridgehead atoms. The molecule has 1 N–H and O–H groups in total. The van der Waals surface area contributed by atoms with Gasteiger partial charge in [-0.2, -0.15) is 5.10 Å². The van der Waals surface area contributed by atoms with Crippen LogP contribution in [0, 0.1) is 0 Å². The number of rotatable bonds is 6. The maximum absolute atomic E-state index is 13.0. The standard InChI is InChI=1S/C24H20N8O/c33-24(26-11-10-21-28-27-20-9-3-4-14-31(20)21)22-18-7-1-2-8-19(18)32(29-22)16-17-6-5-13-30-15-12-25-23(17)30/h1-9,12-15H,10-11,16H2,(H,26,33). The third-order valence-corrected chi connectivity index (χ3v) is 5.71. The van der Waals surface area contributed by atoms with E-state index in [1.807, 2.05) is 86.7 Å². The van der Waals surface area contributed by atoms with Crippen LogP contribution in [0.2, 0.25) is 0 Å². The van der Waals surface area contributed by atoms with Gasteiger partial charge in [-0.15, -0.1) is 10.2 Å². The number of fused-ring (bicyclic) bond motifs is 3. The van der Waals surface area contributed by atoms with Gasteiger partial charge >= 0.3 is 0 Å². The Morgan fingerprint density at radius 1 is 0.939 bits per heavy atom. The van der Waals surface area contributed by atoms with Gasteiger partial charge in [0.25, 0.3) is 5.91 Å². The van der Waals surface area contributed by atoms with Crippen LogP contribution in [-0.4, -0.2) is 46.2 Å². The number of hydrogen-bond donors (Lipinski definition) is 1. The highest BCUT2D eigenvalue weighted by Gasteiger charge is 2.18. The molecule has 9 nitrogen and oxygen atoms in total. The molecule has 6 aromatic rings. The zero-order valence-electron chi connectivity index (χ0n) is 17.7. The molecule has 162 valence electrons. The molecule has 0 aliphatic carbocycles. The quantitative estimate of drug-likeness (QED) is 0.433. The van der Waals surface area contributed by atoms with Gasteiger partial charge in [0.1, 0.15) is 11.5 Å². The molecule has 5 heterocycles. The van der Waals surface area contributed by atoms with E-state index in [1.165, 1.54) is 0 Å². The number of carbonyl (C=O) groups excluding carboxylic acids is 1. The number of pyridine rings is 2. The molecule has 0 aliphatic rings. The smallest absolute Gasteiger partial charge is 0.272 e.